The van der Waals surface area contributed by atoms with Crippen molar-refractivity contribution in [1.29, 1.82) is 0 Å². The second kappa shape index (κ2) is 9.45. The molecule has 1 unspecified atom stereocenters. The van der Waals surface area contributed by atoms with Crippen LogP contribution in [0.5, 0.6) is 0 Å². The number of benzene rings is 2. The smallest absolute Gasteiger partial charge is 0.297 e. The van der Waals surface area contributed by atoms with E-state index in [-0.39, 0.29) is 11.5 Å². The summed E-state index contributed by atoms with van der Waals surface area (Å²) in [7, 11) is 1.81. The summed E-state index contributed by atoms with van der Waals surface area (Å²) in [6.45, 7) is 6.08. The number of carbonyl (C=O) groups excluding carboxylic acids is 1. The molecule has 10 heteroatoms. The largest absolute Gasteiger partial charge is 0.351 e. The zero-order chi connectivity index (χ0) is 23.5. The van der Waals surface area contributed by atoms with Crippen LogP contribution in [-0.4, -0.2) is 40.7 Å². The number of amides is 1. The van der Waals surface area contributed by atoms with Crippen LogP contribution in [0.15, 0.2) is 64.5 Å². The molecule has 2 aromatic heterocycles. The fourth-order valence-electron chi connectivity index (χ4n) is 3.44. The van der Waals surface area contributed by atoms with Crippen LogP contribution in [0, 0.1) is 13.8 Å². The lowest BCUT2D eigenvalue weighted by atomic mass is 10.1. The highest BCUT2D eigenvalue weighted by atomic mass is 32.2. The minimum absolute atomic E-state index is 0.137. The van der Waals surface area contributed by atoms with Gasteiger partial charge < -0.3 is 5.32 Å². The van der Waals surface area contributed by atoms with Gasteiger partial charge in [-0.25, -0.2) is 4.68 Å². The van der Waals surface area contributed by atoms with E-state index in [2.05, 4.69) is 20.8 Å². The summed E-state index contributed by atoms with van der Waals surface area (Å²) in [4.78, 5) is 26.0. The first-order valence-corrected chi connectivity index (χ1v) is 11.4. The lowest BCUT2D eigenvalue weighted by Gasteiger charge is -2.11. The van der Waals surface area contributed by atoms with Crippen LogP contribution in [0.25, 0.3) is 11.4 Å². The first-order valence-electron chi connectivity index (χ1n) is 10.5. The van der Waals surface area contributed by atoms with Gasteiger partial charge in [0.25, 0.3) is 5.56 Å². The maximum Gasteiger partial charge on any atom is 0.297 e. The first-order chi connectivity index (χ1) is 15.9. The number of carbonyl (C=O) groups is 1. The molecule has 0 aliphatic heterocycles. The van der Waals surface area contributed by atoms with Gasteiger partial charge in [-0.1, -0.05) is 59.8 Å². The van der Waals surface area contributed by atoms with E-state index < -0.39 is 5.25 Å². The maximum atomic E-state index is 13.3. The molecule has 1 atom stereocenters. The molecule has 0 aliphatic carbocycles. The number of hydrogen-bond donors (Lipinski definition) is 1. The molecule has 1 amide bonds. The number of thioether (sulfide) groups is 1. The molecule has 2 heterocycles. The van der Waals surface area contributed by atoms with Gasteiger partial charge in [-0.3, -0.25) is 14.3 Å². The normalized spacial score (nSPS) is 12.0. The van der Waals surface area contributed by atoms with E-state index in [1.165, 1.54) is 22.0 Å². The van der Waals surface area contributed by atoms with Gasteiger partial charge in [0.1, 0.15) is 0 Å². The highest BCUT2D eigenvalue weighted by Gasteiger charge is 2.24. The van der Waals surface area contributed by atoms with Gasteiger partial charge in [-0.05, 0) is 48.9 Å². The van der Waals surface area contributed by atoms with Crippen LogP contribution < -0.4 is 10.9 Å². The van der Waals surface area contributed by atoms with Crippen LogP contribution >= 0.6 is 11.8 Å². The second-order valence-corrected chi connectivity index (χ2v) is 9.05. The Kier molecular flexibility index (Phi) is 6.45. The van der Waals surface area contributed by atoms with Crippen molar-refractivity contribution >= 4 is 17.7 Å². The number of nitrogens with zero attached hydrogens (tertiary/aromatic N) is 6. The van der Waals surface area contributed by atoms with Crippen molar-refractivity contribution in [1.82, 2.24) is 34.9 Å². The maximum absolute atomic E-state index is 13.3. The standard InChI is InChI=1S/C23H25N7O2S/c1-15-10-12-18(13-11-15)14-24-21(31)17(3)33-23-25-26-27-29(23)20-16(2)28(4)30(22(20)32)19-8-6-5-7-9-19/h5-13,17H,14H2,1-4H3,(H,24,31). The Labute approximate surface area is 195 Å². The van der Waals surface area contributed by atoms with E-state index in [1.807, 2.05) is 75.5 Å². The Balaban J connectivity index is 1.54. The predicted molar refractivity (Wildman–Crippen MR) is 127 cm³/mol. The van der Waals surface area contributed by atoms with Crippen molar-refractivity contribution < 1.29 is 4.79 Å². The van der Waals surface area contributed by atoms with Gasteiger partial charge in [0.15, 0.2) is 5.69 Å². The molecule has 4 aromatic rings. The Bertz CT molecular complexity index is 1320. The van der Waals surface area contributed by atoms with Gasteiger partial charge in [0.2, 0.25) is 11.1 Å². The molecule has 0 fully saturated rings. The van der Waals surface area contributed by atoms with Gasteiger partial charge in [0.05, 0.1) is 16.6 Å². The highest BCUT2D eigenvalue weighted by molar-refractivity contribution is 8.00. The minimum atomic E-state index is -0.458. The summed E-state index contributed by atoms with van der Waals surface area (Å²) < 4.78 is 4.74. The predicted octanol–water partition coefficient (Wildman–Crippen LogP) is 2.57. The summed E-state index contributed by atoms with van der Waals surface area (Å²) in [5.74, 6) is -0.137. The van der Waals surface area contributed by atoms with Gasteiger partial charge >= 0.3 is 0 Å². The number of rotatable bonds is 7. The van der Waals surface area contributed by atoms with Crippen molar-refractivity contribution in [2.45, 2.75) is 37.7 Å². The third-order valence-corrected chi connectivity index (χ3v) is 6.45. The molecule has 0 saturated carbocycles. The van der Waals surface area contributed by atoms with E-state index in [4.69, 9.17) is 0 Å². The second-order valence-electron chi connectivity index (χ2n) is 7.75. The molecule has 0 bridgehead atoms. The van der Waals surface area contributed by atoms with Gasteiger partial charge in [-0.15, -0.1) is 5.10 Å². The molecular weight excluding hydrogens is 438 g/mol. The SMILES string of the molecule is Cc1ccc(CNC(=O)C(C)Sc2nnnn2-c2c(C)n(C)n(-c3ccccc3)c2=O)cc1. The van der Waals surface area contributed by atoms with Crippen molar-refractivity contribution in [3.63, 3.8) is 0 Å². The molecule has 2 aromatic carbocycles. The monoisotopic (exact) mass is 463 g/mol. The summed E-state index contributed by atoms with van der Waals surface area (Å²) in [6, 6.07) is 17.4. The molecule has 0 aliphatic rings. The fourth-order valence-corrected chi connectivity index (χ4v) is 4.26. The first kappa shape index (κ1) is 22.5. The van der Waals surface area contributed by atoms with Crippen molar-refractivity contribution in [2.24, 2.45) is 7.05 Å². The van der Waals surface area contributed by atoms with Gasteiger partial charge in [0, 0.05) is 13.6 Å². The average molecular weight is 464 g/mol. The molecule has 4 rings (SSSR count). The molecule has 1 N–H and O–H groups in total. The Morgan fingerprint density at radius 2 is 1.79 bits per heavy atom. The van der Waals surface area contributed by atoms with Crippen molar-refractivity contribution in [3.8, 4) is 11.4 Å². The third-order valence-electron chi connectivity index (χ3n) is 5.42. The fraction of sp³-hybridized carbons (Fsp3) is 0.261. The van der Waals surface area contributed by atoms with Crippen molar-refractivity contribution in [2.75, 3.05) is 0 Å². The Morgan fingerprint density at radius 3 is 2.48 bits per heavy atom. The van der Waals surface area contributed by atoms with Crippen molar-refractivity contribution in [3.05, 3.63) is 81.8 Å². The van der Waals surface area contributed by atoms with E-state index in [9.17, 15) is 9.59 Å². The summed E-state index contributed by atoms with van der Waals surface area (Å²) in [5.41, 5.74) is 3.74. The Morgan fingerprint density at radius 1 is 1.09 bits per heavy atom. The zero-order valence-corrected chi connectivity index (χ0v) is 19.7. The minimum Gasteiger partial charge on any atom is -0.351 e. The highest BCUT2D eigenvalue weighted by Crippen LogP contribution is 2.24. The molecule has 0 radical (unpaired) electrons. The Hall–Kier alpha value is -3.66. The molecular formula is C23H25N7O2S. The quantitative estimate of drug-likeness (QED) is 0.423. The molecule has 0 spiro atoms. The average Bonchev–Trinajstić information content (AvgIpc) is 3.34. The van der Waals surface area contributed by atoms with Gasteiger partial charge in [-0.2, -0.15) is 4.68 Å². The summed E-state index contributed by atoms with van der Waals surface area (Å²) >= 11 is 1.20. The third kappa shape index (κ3) is 4.61. The van der Waals surface area contributed by atoms with Crippen LogP contribution in [0.3, 0.4) is 0 Å². The van der Waals surface area contributed by atoms with Crippen LogP contribution in [0.4, 0.5) is 0 Å². The topological polar surface area (TPSA) is 99.6 Å². The number of hydrogen-bond acceptors (Lipinski definition) is 6. The molecule has 33 heavy (non-hydrogen) atoms. The van der Waals surface area contributed by atoms with Crippen LogP contribution in [-0.2, 0) is 18.4 Å². The summed E-state index contributed by atoms with van der Waals surface area (Å²) in [6.07, 6.45) is 0. The van der Waals surface area contributed by atoms with E-state index >= 15 is 0 Å². The molecule has 170 valence electrons. The van der Waals surface area contributed by atoms with E-state index in [0.717, 1.165) is 11.3 Å². The van der Waals surface area contributed by atoms with E-state index in [0.29, 0.717) is 23.1 Å². The number of nitrogens with one attached hydrogen (secondary N) is 1. The number of tetrazole rings is 1. The van der Waals surface area contributed by atoms with Crippen LogP contribution in [0.2, 0.25) is 0 Å². The molecule has 9 nitrogen and oxygen atoms in total. The number of aromatic nitrogens is 6. The number of para-hydroxylation sites is 1. The summed E-state index contributed by atoms with van der Waals surface area (Å²) in [5, 5.41) is 14.7. The lowest BCUT2D eigenvalue weighted by molar-refractivity contribution is -0.120. The molecule has 0 saturated heterocycles. The number of aryl methyl sites for hydroxylation is 1. The van der Waals surface area contributed by atoms with E-state index in [1.54, 1.807) is 16.3 Å². The zero-order valence-electron chi connectivity index (χ0n) is 18.9. The van der Waals surface area contributed by atoms with Crippen LogP contribution in [0.1, 0.15) is 23.7 Å². The lowest BCUT2D eigenvalue weighted by Crippen LogP contribution is -2.30.